The van der Waals surface area contributed by atoms with Crippen LogP contribution in [-0.4, -0.2) is 61.0 Å². The standard InChI is InChI=1S/C18H27N3O/c1-15-5-7-17(8-6-15)20-13-11-19(12-14-20)16(2)18(22)21-9-3-4-10-21/h5-8,16H,3-4,9-14H2,1-2H3. The highest BCUT2D eigenvalue weighted by molar-refractivity contribution is 5.81. The third kappa shape index (κ3) is 3.27. The van der Waals surface area contributed by atoms with Gasteiger partial charge in [0.2, 0.25) is 5.91 Å². The van der Waals surface area contributed by atoms with Gasteiger partial charge in [-0.2, -0.15) is 0 Å². The topological polar surface area (TPSA) is 26.8 Å². The number of piperazine rings is 1. The molecule has 4 nitrogen and oxygen atoms in total. The predicted octanol–water partition coefficient (Wildman–Crippen LogP) is 2.13. The summed E-state index contributed by atoms with van der Waals surface area (Å²) in [4.78, 5) is 19.3. The Labute approximate surface area is 133 Å². The molecule has 1 unspecified atom stereocenters. The number of rotatable bonds is 3. The van der Waals surface area contributed by atoms with Crippen LogP contribution in [0.1, 0.15) is 25.3 Å². The van der Waals surface area contributed by atoms with E-state index in [9.17, 15) is 4.79 Å². The van der Waals surface area contributed by atoms with Crippen LogP contribution in [0.4, 0.5) is 5.69 Å². The van der Waals surface area contributed by atoms with E-state index < -0.39 is 0 Å². The lowest BCUT2D eigenvalue weighted by atomic mass is 10.1. The summed E-state index contributed by atoms with van der Waals surface area (Å²) in [6.07, 6.45) is 2.33. The Kier molecular flexibility index (Phi) is 4.67. The quantitative estimate of drug-likeness (QED) is 0.856. The smallest absolute Gasteiger partial charge is 0.239 e. The highest BCUT2D eigenvalue weighted by atomic mass is 16.2. The van der Waals surface area contributed by atoms with E-state index in [1.54, 1.807) is 0 Å². The van der Waals surface area contributed by atoms with Gasteiger partial charge in [-0.15, -0.1) is 0 Å². The first-order chi connectivity index (χ1) is 10.6. The van der Waals surface area contributed by atoms with Crippen molar-refractivity contribution in [2.24, 2.45) is 0 Å². The van der Waals surface area contributed by atoms with Gasteiger partial charge in [-0.25, -0.2) is 0 Å². The molecule has 0 aliphatic carbocycles. The minimum atomic E-state index is 0.0262. The van der Waals surface area contributed by atoms with Crippen molar-refractivity contribution in [2.45, 2.75) is 32.7 Å². The van der Waals surface area contributed by atoms with E-state index in [0.29, 0.717) is 5.91 Å². The summed E-state index contributed by atoms with van der Waals surface area (Å²) in [5, 5.41) is 0. The number of hydrogen-bond acceptors (Lipinski definition) is 3. The molecule has 1 aromatic carbocycles. The normalized spacial score (nSPS) is 21.2. The molecule has 0 bridgehead atoms. The van der Waals surface area contributed by atoms with Crippen molar-refractivity contribution in [3.05, 3.63) is 29.8 Å². The van der Waals surface area contributed by atoms with Crippen molar-refractivity contribution < 1.29 is 4.79 Å². The molecule has 1 atom stereocenters. The molecule has 0 radical (unpaired) electrons. The monoisotopic (exact) mass is 301 g/mol. The average Bonchev–Trinajstić information content (AvgIpc) is 3.09. The summed E-state index contributed by atoms with van der Waals surface area (Å²) in [6, 6.07) is 8.76. The molecule has 22 heavy (non-hydrogen) atoms. The molecule has 1 amide bonds. The molecular weight excluding hydrogens is 274 g/mol. The Bertz CT molecular complexity index is 500. The van der Waals surface area contributed by atoms with E-state index in [2.05, 4.69) is 47.9 Å². The van der Waals surface area contributed by atoms with Gasteiger partial charge < -0.3 is 9.80 Å². The highest BCUT2D eigenvalue weighted by Gasteiger charge is 2.29. The van der Waals surface area contributed by atoms with Crippen molar-refractivity contribution in [1.29, 1.82) is 0 Å². The largest absolute Gasteiger partial charge is 0.369 e. The van der Waals surface area contributed by atoms with E-state index >= 15 is 0 Å². The van der Waals surface area contributed by atoms with E-state index in [1.165, 1.54) is 24.1 Å². The van der Waals surface area contributed by atoms with Gasteiger partial charge in [0.05, 0.1) is 6.04 Å². The van der Waals surface area contributed by atoms with E-state index in [0.717, 1.165) is 39.3 Å². The fourth-order valence-electron chi connectivity index (χ4n) is 3.48. The summed E-state index contributed by atoms with van der Waals surface area (Å²) in [6.45, 7) is 10.0. The van der Waals surface area contributed by atoms with Gasteiger partial charge in [-0.1, -0.05) is 17.7 Å². The molecule has 2 saturated heterocycles. The molecule has 1 aromatic rings. The van der Waals surface area contributed by atoms with E-state index in [-0.39, 0.29) is 6.04 Å². The van der Waals surface area contributed by atoms with Gasteiger partial charge in [0, 0.05) is 45.0 Å². The Morgan fingerprint density at radius 3 is 2.14 bits per heavy atom. The number of anilines is 1. The first-order valence-corrected chi connectivity index (χ1v) is 8.49. The van der Waals surface area contributed by atoms with Gasteiger partial charge in [0.1, 0.15) is 0 Å². The fraction of sp³-hybridized carbons (Fsp3) is 0.611. The van der Waals surface area contributed by atoms with Crippen molar-refractivity contribution in [3.8, 4) is 0 Å². The second-order valence-corrected chi connectivity index (χ2v) is 6.57. The lowest BCUT2D eigenvalue weighted by Gasteiger charge is -2.39. The number of benzene rings is 1. The number of hydrogen-bond donors (Lipinski definition) is 0. The Balaban J connectivity index is 1.54. The maximum absolute atomic E-state index is 12.5. The van der Waals surface area contributed by atoms with Crippen LogP contribution in [0, 0.1) is 6.92 Å². The SMILES string of the molecule is Cc1ccc(N2CCN(C(C)C(=O)N3CCCC3)CC2)cc1. The number of carbonyl (C=O) groups excluding carboxylic acids is 1. The van der Waals surface area contributed by atoms with Gasteiger partial charge in [0.25, 0.3) is 0 Å². The van der Waals surface area contributed by atoms with Gasteiger partial charge in [0.15, 0.2) is 0 Å². The zero-order valence-corrected chi connectivity index (χ0v) is 13.8. The molecule has 2 heterocycles. The van der Waals surface area contributed by atoms with E-state index in [4.69, 9.17) is 0 Å². The van der Waals surface area contributed by atoms with Crippen molar-refractivity contribution in [1.82, 2.24) is 9.80 Å². The molecular formula is C18H27N3O. The fourth-order valence-corrected chi connectivity index (χ4v) is 3.48. The van der Waals surface area contributed by atoms with Crippen molar-refractivity contribution in [2.75, 3.05) is 44.2 Å². The zero-order valence-electron chi connectivity index (χ0n) is 13.8. The number of carbonyl (C=O) groups is 1. The average molecular weight is 301 g/mol. The highest BCUT2D eigenvalue weighted by Crippen LogP contribution is 2.19. The van der Waals surface area contributed by atoms with Gasteiger partial charge >= 0.3 is 0 Å². The first kappa shape index (κ1) is 15.3. The second-order valence-electron chi connectivity index (χ2n) is 6.57. The van der Waals surface area contributed by atoms with Gasteiger partial charge in [-0.3, -0.25) is 9.69 Å². The Morgan fingerprint density at radius 1 is 0.955 bits per heavy atom. The van der Waals surface area contributed by atoms with Crippen LogP contribution in [0.15, 0.2) is 24.3 Å². The Morgan fingerprint density at radius 2 is 1.55 bits per heavy atom. The third-order valence-corrected chi connectivity index (χ3v) is 5.04. The number of likely N-dealkylation sites (tertiary alicyclic amines) is 1. The van der Waals surface area contributed by atoms with Crippen LogP contribution in [0.2, 0.25) is 0 Å². The summed E-state index contributed by atoms with van der Waals surface area (Å²) >= 11 is 0. The predicted molar refractivity (Wildman–Crippen MR) is 90.2 cm³/mol. The van der Waals surface area contributed by atoms with Crippen LogP contribution < -0.4 is 4.90 Å². The molecule has 2 aliphatic rings. The first-order valence-electron chi connectivity index (χ1n) is 8.49. The zero-order chi connectivity index (χ0) is 15.5. The van der Waals surface area contributed by atoms with E-state index in [1.807, 2.05) is 4.90 Å². The maximum Gasteiger partial charge on any atom is 0.239 e. The second kappa shape index (κ2) is 6.69. The van der Waals surface area contributed by atoms with Crippen molar-refractivity contribution in [3.63, 3.8) is 0 Å². The molecule has 0 spiro atoms. The minimum absolute atomic E-state index is 0.0262. The number of nitrogens with zero attached hydrogens (tertiary/aromatic N) is 3. The molecule has 120 valence electrons. The summed E-state index contributed by atoms with van der Waals surface area (Å²) in [5.41, 5.74) is 2.59. The third-order valence-electron chi connectivity index (χ3n) is 5.04. The lowest BCUT2D eigenvalue weighted by molar-refractivity contribution is -0.135. The molecule has 4 heteroatoms. The lowest BCUT2D eigenvalue weighted by Crippen LogP contribution is -2.54. The van der Waals surface area contributed by atoms with Crippen LogP contribution in [0.5, 0.6) is 0 Å². The van der Waals surface area contributed by atoms with Crippen molar-refractivity contribution >= 4 is 11.6 Å². The molecule has 2 aliphatic heterocycles. The van der Waals surface area contributed by atoms with Crippen LogP contribution in [-0.2, 0) is 4.79 Å². The molecule has 0 aromatic heterocycles. The number of aryl methyl sites for hydroxylation is 1. The van der Waals surface area contributed by atoms with Gasteiger partial charge in [-0.05, 0) is 38.8 Å². The number of amides is 1. The molecule has 2 fully saturated rings. The van der Waals surface area contributed by atoms with Crippen LogP contribution >= 0.6 is 0 Å². The maximum atomic E-state index is 12.5. The minimum Gasteiger partial charge on any atom is -0.369 e. The summed E-state index contributed by atoms with van der Waals surface area (Å²) < 4.78 is 0. The summed E-state index contributed by atoms with van der Waals surface area (Å²) in [5.74, 6) is 0.321. The Hall–Kier alpha value is -1.55. The molecule has 0 saturated carbocycles. The van der Waals surface area contributed by atoms with Crippen LogP contribution in [0.25, 0.3) is 0 Å². The summed E-state index contributed by atoms with van der Waals surface area (Å²) in [7, 11) is 0. The molecule has 0 N–H and O–H groups in total. The molecule has 3 rings (SSSR count). The van der Waals surface area contributed by atoms with Crippen LogP contribution in [0.3, 0.4) is 0 Å².